The second kappa shape index (κ2) is 4.34. The van der Waals surface area contributed by atoms with Gasteiger partial charge in [0, 0.05) is 36.4 Å². The van der Waals surface area contributed by atoms with E-state index >= 15 is 0 Å². The summed E-state index contributed by atoms with van der Waals surface area (Å²) in [6.45, 7) is 2.05. The van der Waals surface area contributed by atoms with Gasteiger partial charge in [-0.25, -0.2) is 0 Å². The van der Waals surface area contributed by atoms with E-state index in [1.165, 1.54) is 17.5 Å². The summed E-state index contributed by atoms with van der Waals surface area (Å²) in [6.07, 6.45) is 4.16. The summed E-state index contributed by atoms with van der Waals surface area (Å²) >= 11 is 0. The number of pyridine rings is 1. The first-order valence-corrected chi connectivity index (χ1v) is 6.19. The molecule has 88 valence electrons. The van der Waals surface area contributed by atoms with Crippen molar-refractivity contribution in [2.24, 2.45) is 5.73 Å². The zero-order valence-electron chi connectivity index (χ0n) is 9.84. The minimum Gasteiger partial charge on any atom is -0.369 e. The fourth-order valence-electron chi connectivity index (χ4n) is 2.59. The molecule has 17 heavy (non-hydrogen) atoms. The van der Waals surface area contributed by atoms with Crippen LogP contribution in [0.5, 0.6) is 0 Å². The van der Waals surface area contributed by atoms with Crippen molar-refractivity contribution in [1.29, 1.82) is 0 Å². The highest BCUT2D eigenvalue weighted by Gasteiger charge is 2.18. The number of nitrogens with two attached hydrogens (primary N) is 1. The minimum absolute atomic E-state index is 0.302. The molecule has 1 aliphatic rings. The Morgan fingerprint density at radius 3 is 3.06 bits per heavy atom. The average molecular weight is 227 g/mol. The van der Waals surface area contributed by atoms with E-state index in [1.807, 2.05) is 12.3 Å². The Bertz CT molecular complexity index is 518. The van der Waals surface area contributed by atoms with Gasteiger partial charge in [-0.15, -0.1) is 0 Å². The van der Waals surface area contributed by atoms with Gasteiger partial charge >= 0.3 is 0 Å². The molecule has 2 heterocycles. The molecule has 1 atom stereocenters. The molecule has 1 aromatic carbocycles. The van der Waals surface area contributed by atoms with Crippen molar-refractivity contribution in [2.75, 3.05) is 18.0 Å². The topological polar surface area (TPSA) is 42.1 Å². The maximum Gasteiger partial charge on any atom is 0.0722 e. The van der Waals surface area contributed by atoms with Crippen LogP contribution in [0.3, 0.4) is 0 Å². The second-order valence-electron chi connectivity index (χ2n) is 4.70. The number of hydrogen-bond acceptors (Lipinski definition) is 3. The molecule has 2 aromatic rings. The van der Waals surface area contributed by atoms with Crippen molar-refractivity contribution in [3.8, 4) is 0 Å². The molecule has 2 N–H and O–H groups in total. The first kappa shape index (κ1) is 10.5. The molecule has 0 spiro atoms. The number of aromatic nitrogens is 1. The summed E-state index contributed by atoms with van der Waals surface area (Å²) in [5.74, 6) is 0. The average Bonchev–Trinajstić information content (AvgIpc) is 2.38. The number of nitrogens with zero attached hydrogens (tertiary/aromatic N) is 2. The molecular weight excluding hydrogens is 210 g/mol. The number of fused-ring (bicyclic) bond motifs is 1. The van der Waals surface area contributed by atoms with E-state index in [4.69, 9.17) is 5.73 Å². The van der Waals surface area contributed by atoms with Gasteiger partial charge in [-0.05, 0) is 37.1 Å². The second-order valence-corrected chi connectivity index (χ2v) is 4.70. The van der Waals surface area contributed by atoms with Crippen LogP contribution >= 0.6 is 0 Å². The molecule has 0 amide bonds. The summed E-state index contributed by atoms with van der Waals surface area (Å²) in [5.41, 5.74) is 8.38. The SMILES string of the molecule is NC1CCCN(c2cccc3ncccc23)C1. The summed E-state index contributed by atoms with van der Waals surface area (Å²) in [5, 5.41) is 1.23. The van der Waals surface area contributed by atoms with Crippen LogP contribution in [0, 0.1) is 0 Å². The van der Waals surface area contributed by atoms with Crippen molar-refractivity contribution in [3.63, 3.8) is 0 Å². The number of piperidine rings is 1. The molecule has 0 bridgehead atoms. The standard InChI is InChI=1S/C14H17N3/c15-11-4-3-9-17(10-11)14-7-1-6-13-12(14)5-2-8-16-13/h1-2,5-8,11H,3-4,9-10,15H2. The van der Waals surface area contributed by atoms with Gasteiger partial charge in [0.15, 0.2) is 0 Å². The fourth-order valence-corrected chi connectivity index (χ4v) is 2.59. The molecule has 1 aliphatic heterocycles. The van der Waals surface area contributed by atoms with Gasteiger partial charge in [-0.2, -0.15) is 0 Å². The maximum atomic E-state index is 6.05. The normalized spacial score (nSPS) is 20.8. The Morgan fingerprint density at radius 1 is 1.24 bits per heavy atom. The van der Waals surface area contributed by atoms with E-state index in [9.17, 15) is 0 Å². The van der Waals surface area contributed by atoms with Crippen LogP contribution in [0.15, 0.2) is 36.5 Å². The van der Waals surface area contributed by atoms with Gasteiger partial charge in [0.1, 0.15) is 0 Å². The maximum absolute atomic E-state index is 6.05. The van der Waals surface area contributed by atoms with Crippen LogP contribution in [0.1, 0.15) is 12.8 Å². The third-order valence-corrected chi connectivity index (χ3v) is 3.42. The van der Waals surface area contributed by atoms with Crippen LogP contribution in [0.25, 0.3) is 10.9 Å². The quantitative estimate of drug-likeness (QED) is 0.811. The molecule has 1 fully saturated rings. The molecule has 0 saturated carbocycles. The van der Waals surface area contributed by atoms with Crippen LogP contribution in [0.2, 0.25) is 0 Å². The predicted octanol–water partition coefficient (Wildman–Crippen LogP) is 2.16. The van der Waals surface area contributed by atoms with Crippen molar-refractivity contribution in [3.05, 3.63) is 36.5 Å². The first-order chi connectivity index (χ1) is 8.34. The van der Waals surface area contributed by atoms with Crippen molar-refractivity contribution in [2.45, 2.75) is 18.9 Å². The largest absolute Gasteiger partial charge is 0.369 e. The Morgan fingerprint density at radius 2 is 2.18 bits per heavy atom. The Hall–Kier alpha value is -1.61. The first-order valence-electron chi connectivity index (χ1n) is 6.19. The lowest BCUT2D eigenvalue weighted by molar-refractivity contribution is 0.507. The third-order valence-electron chi connectivity index (χ3n) is 3.42. The number of hydrogen-bond donors (Lipinski definition) is 1. The Labute approximate surface area is 101 Å². The van der Waals surface area contributed by atoms with E-state index in [2.05, 4.69) is 34.1 Å². The summed E-state index contributed by atoms with van der Waals surface area (Å²) in [6, 6.07) is 10.7. The molecule has 0 aliphatic carbocycles. The molecule has 0 radical (unpaired) electrons. The highest BCUT2D eigenvalue weighted by molar-refractivity contribution is 5.91. The van der Waals surface area contributed by atoms with Crippen molar-refractivity contribution in [1.82, 2.24) is 4.98 Å². The van der Waals surface area contributed by atoms with Gasteiger partial charge in [-0.1, -0.05) is 6.07 Å². The summed E-state index contributed by atoms with van der Waals surface area (Å²) in [4.78, 5) is 6.78. The van der Waals surface area contributed by atoms with E-state index < -0.39 is 0 Å². The molecule has 1 aromatic heterocycles. The molecule has 3 heteroatoms. The smallest absolute Gasteiger partial charge is 0.0722 e. The van der Waals surface area contributed by atoms with E-state index in [0.29, 0.717) is 6.04 Å². The molecule has 3 rings (SSSR count). The molecule has 3 nitrogen and oxygen atoms in total. The van der Waals surface area contributed by atoms with Crippen LogP contribution in [-0.2, 0) is 0 Å². The van der Waals surface area contributed by atoms with Crippen molar-refractivity contribution < 1.29 is 0 Å². The van der Waals surface area contributed by atoms with E-state index in [-0.39, 0.29) is 0 Å². The Kier molecular flexibility index (Phi) is 2.69. The van der Waals surface area contributed by atoms with Gasteiger partial charge in [0.25, 0.3) is 0 Å². The molecular formula is C14H17N3. The number of rotatable bonds is 1. The van der Waals surface area contributed by atoms with Crippen molar-refractivity contribution >= 4 is 16.6 Å². The van der Waals surface area contributed by atoms with Gasteiger partial charge in [0.2, 0.25) is 0 Å². The van der Waals surface area contributed by atoms with Crippen LogP contribution < -0.4 is 10.6 Å². The highest BCUT2D eigenvalue weighted by Crippen LogP contribution is 2.27. The summed E-state index contributed by atoms with van der Waals surface area (Å²) in [7, 11) is 0. The monoisotopic (exact) mass is 227 g/mol. The number of benzene rings is 1. The lowest BCUT2D eigenvalue weighted by Gasteiger charge is -2.33. The predicted molar refractivity (Wildman–Crippen MR) is 71.2 cm³/mol. The number of anilines is 1. The zero-order chi connectivity index (χ0) is 11.7. The van der Waals surface area contributed by atoms with Gasteiger partial charge in [0.05, 0.1) is 5.52 Å². The lowest BCUT2D eigenvalue weighted by atomic mass is 10.0. The third kappa shape index (κ3) is 1.98. The van der Waals surface area contributed by atoms with E-state index in [0.717, 1.165) is 25.0 Å². The van der Waals surface area contributed by atoms with E-state index in [1.54, 1.807) is 0 Å². The van der Waals surface area contributed by atoms with Gasteiger partial charge < -0.3 is 10.6 Å². The zero-order valence-corrected chi connectivity index (χ0v) is 9.84. The molecule has 1 saturated heterocycles. The van der Waals surface area contributed by atoms with Gasteiger partial charge in [-0.3, -0.25) is 4.98 Å². The van der Waals surface area contributed by atoms with Crippen LogP contribution in [-0.4, -0.2) is 24.1 Å². The molecule has 1 unspecified atom stereocenters. The minimum atomic E-state index is 0.302. The summed E-state index contributed by atoms with van der Waals surface area (Å²) < 4.78 is 0. The lowest BCUT2D eigenvalue weighted by Crippen LogP contribution is -2.42. The highest BCUT2D eigenvalue weighted by atomic mass is 15.1. The van der Waals surface area contributed by atoms with Crippen LogP contribution in [0.4, 0.5) is 5.69 Å². The fraction of sp³-hybridized carbons (Fsp3) is 0.357. The Balaban J connectivity index is 2.04.